The van der Waals surface area contributed by atoms with Crippen LogP contribution in [-0.2, 0) is 9.53 Å². The topological polar surface area (TPSA) is 114 Å². The van der Waals surface area contributed by atoms with Gasteiger partial charge in [0.05, 0.1) is 23.9 Å². The van der Waals surface area contributed by atoms with Gasteiger partial charge in [0.25, 0.3) is 5.91 Å². The Labute approximate surface area is 185 Å². The fourth-order valence-corrected chi connectivity index (χ4v) is 3.45. The molecule has 2 aromatic carbocycles. The van der Waals surface area contributed by atoms with E-state index in [9.17, 15) is 14.7 Å². The van der Waals surface area contributed by atoms with E-state index in [1.54, 1.807) is 35.7 Å². The molecule has 1 fully saturated rings. The van der Waals surface area contributed by atoms with E-state index < -0.39 is 17.6 Å². The van der Waals surface area contributed by atoms with Crippen molar-refractivity contribution in [2.24, 2.45) is 5.73 Å². The molecule has 164 valence electrons. The van der Waals surface area contributed by atoms with Gasteiger partial charge in [-0.05, 0) is 42.8 Å². The van der Waals surface area contributed by atoms with Crippen molar-refractivity contribution in [3.63, 3.8) is 0 Å². The number of hydrogen-bond donors (Lipinski definition) is 2. The maximum absolute atomic E-state index is 12.0. The summed E-state index contributed by atoms with van der Waals surface area (Å²) in [6.45, 7) is 2.77. The van der Waals surface area contributed by atoms with Gasteiger partial charge in [-0.2, -0.15) is 5.10 Å². The average Bonchev–Trinajstić information content (AvgIpc) is 3.46. The van der Waals surface area contributed by atoms with Crippen LogP contribution in [0.3, 0.4) is 0 Å². The summed E-state index contributed by atoms with van der Waals surface area (Å²) < 4.78 is 7.19. The number of nitrogens with zero attached hydrogens (tertiary/aromatic N) is 3. The van der Waals surface area contributed by atoms with Crippen LogP contribution in [0.1, 0.15) is 41.1 Å². The molecule has 0 aliphatic carbocycles. The monoisotopic (exact) mass is 432 g/mol. The minimum atomic E-state index is -0.676. The predicted molar refractivity (Wildman–Crippen MR) is 119 cm³/mol. The van der Waals surface area contributed by atoms with Crippen LogP contribution < -0.4 is 5.73 Å². The molecule has 3 N–H and O–H groups in total. The minimum absolute atomic E-state index is 0.142. The van der Waals surface area contributed by atoms with Crippen molar-refractivity contribution < 1.29 is 19.4 Å². The van der Waals surface area contributed by atoms with Crippen molar-refractivity contribution in [1.29, 1.82) is 0 Å². The number of rotatable bonds is 7. The van der Waals surface area contributed by atoms with Gasteiger partial charge < -0.3 is 20.5 Å². The molecule has 3 aromatic rings. The van der Waals surface area contributed by atoms with E-state index >= 15 is 0 Å². The zero-order valence-electron chi connectivity index (χ0n) is 17.9. The van der Waals surface area contributed by atoms with Crippen LogP contribution in [0.4, 0.5) is 0 Å². The number of ether oxygens (including phenoxy) is 1. The van der Waals surface area contributed by atoms with Crippen LogP contribution in [0.25, 0.3) is 16.6 Å². The second-order valence-electron chi connectivity index (χ2n) is 8.00. The van der Waals surface area contributed by atoms with Gasteiger partial charge in [-0.15, -0.1) is 0 Å². The first-order valence-electron chi connectivity index (χ1n) is 10.3. The number of nitrogens with two attached hydrogens (primary N) is 1. The molecule has 32 heavy (non-hydrogen) atoms. The summed E-state index contributed by atoms with van der Waals surface area (Å²) in [4.78, 5) is 24.3. The first-order valence-corrected chi connectivity index (χ1v) is 10.3. The number of benzene rings is 2. The van der Waals surface area contributed by atoms with Crippen LogP contribution in [0.5, 0.6) is 0 Å². The summed E-state index contributed by atoms with van der Waals surface area (Å²) in [5, 5.41) is 14.9. The highest BCUT2D eigenvalue weighted by Gasteiger charge is 2.42. The second-order valence-corrected chi connectivity index (χ2v) is 8.00. The highest BCUT2D eigenvalue weighted by Crippen LogP contribution is 2.30. The van der Waals surface area contributed by atoms with E-state index in [0.717, 1.165) is 17.7 Å². The number of primary amides is 1. The number of epoxide rings is 1. The summed E-state index contributed by atoms with van der Waals surface area (Å²) in [6.07, 6.45) is 0.753. The van der Waals surface area contributed by atoms with E-state index in [4.69, 9.17) is 10.5 Å². The summed E-state index contributed by atoms with van der Waals surface area (Å²) in [7, 11) is 1.72. The number of hydrogen-bond acceptors (Lipinski definition) is 5. The lowest BCUT2D eigenvalue weighted by Crippen LogP contribution is -2.22. The fourth-order valence-electron chi connectivity index (χ4n) is 3.45. The van der Waals surface area contributed by atoms with E-state index in [2.05, 4.69) is 16.9 Å². The van der Waals surface area contributed by atoms with Gasteiger partial charge in [-0.25, -0.2) is 4.68 Å². The molecule has 0 saturated carbocycles. The van der Waals surface area contributed by atoms with Gasteiger partial charge in [0, 0.05) is 31.0 Å². The number of carbonyl (C=O) groups excluding carboxylic acids is 2. The lowest BCUT2D eigenvalue weighted by molar-refractivity contribution is -0.117. The molecule has 8 nitrogen and oxygen atoms in total. The molecule has 0 spiro atoms. The predicted octanol–water partition coefficient (Wildman–Crippen LogP) is 1.78. The van der Waals surface area contributed by atoms with Gasteiger partial charge in [0.15, 0.2) is 11.3 Å². The fraction of sp³-hybridized carbons (Fsp3) is 0.292. The molecule has 1 aliphatic rings. The summed E-state index contributed by atoms with van der Waals surface area (Å²) in [6, 6.07) is 12.8. The highest BCUT2D eigenvalue weighted by molar-refractivity contribution is 6.04. The Morgan fingerprint density at radius 3 is 2.84 bits per heavy atom. The normalized spacial score (nSPS) is 18.0. The Morgan fingerprint density at radius 2 is 2.19 bits per heavy atom. The Morgan fingerprint density at radius 1 is 1.41 bits per heavy atom. The first-order chi connectivity index (χ1) is 15.3. The zero-order chi connectivity index (χ0) is 22.9. The molecule has 1 saturated heterocycles. The number of fused-ring (bicyclic) bond motifs is 1. The van der Waals surface area contributed by atoms with Crippen molar-refractivity contribution in [2.75, 3.05) is 20.2 Å². The molecule has 0 radical (unpaired) electrons. The zero-order valence-corrected chi connectivity index (χ0v) is 17.9. The molecular formula is C24H24N4O4. The van der Waals surface area contributed by atoms with Gasteiger partial charge in [-0.1, -0.05) is 24.0 Å². The number of aliphatic hydroxyl groups is 1. The number of aromatic nitrogens is 2. The van der Waals surface area contributed by atoms with Gasteiger partial charge >= 0.3 is 0 Å². The van der Waals surface area contributed by atoms with E-state index in [1.165, 1.54) is 0 Å². The molecule has 2 amide bonds. The number of carbonyl (C=O) groups is 2. The van der Waals surface area contributed by atoms with Crippen molar-refractivity contribution in [3.8, 4) is 17.5 Å². The highest BCUT2D eigenvalue weighted by atomic mass is 16.6. The Balaban J connectivity index is 1.67. The van der Waals surface area contributed by atoms with Crippen LogP contribution in [0, 0.1) is 11.8 Å². The Kier molecular flexibility index (Phi) is 5.70. The molecule has 0 bridgehead atoms. The molecule has 4 rings (SSSR count). The van der Waals surface area contributed by atoms with Crippen LogP contribution in [0.2, 0.25) is 0 Å². The third-order valence-electron chi connectivity index (χ3n) is 5.49. The molecule has 8 heteroatoms. The Bertz CT molecular complexity index is 1250. The summed E-state index contributed by atoms with van der Waals surface area (Å²) in [5.74, 6) is 5.69. The maximum Gasteiger partial charge on any atom is 0.269 e. The molecule has 1 aromatic heterocycles. The van der Waals surface area contributed by atoms with Crippen molar-refractivity contribution in [2.45, 2.75) is 25.0 Å². The number of aliphatic hydroxyl groups excluding tert-OH is 1. The van der Waals surface area contributed by atoms with Gasteiger partial charge in [-0.3, -0.25) is 9.59 Å². The van der Waals surface area contributed by atoms with E-state index in [0.29, 0.717) is 36.0 Å². The summed E-state index contributed by atoms with van der Waals surface area (Å²) >= 11 is 0. The van der Waals surface area contributed by atoms with Gasteiger partial charge in [0.2, 0.25) is 6.41 Å². The first kappa shape index (κ1) is 21.6. The van der Waals surface area contributed by atoms with Crippen molar-refractivity contribution in [1.82, 2.24) is 14.7 Å². The lowest BCUT2D eigenvalue weighted by atomic mass is 10.1. The largest absolute Gasteiger partial charge is 0.389 e. The quantitative estimate of drug-likeness (QED) is 0.336. The Hall–Kier alpha value is -3.67. The standard InChI is InChI=1S/C24H24N4O4/c1-16(30)18-6-7-21-20(13-18)22(23(25)31)26-28(21)19-5-3-4-17(12-19)8-9-24(14-32-24)10-11-27(2)15-29/h3-7,12-13,15-16,30H,10-11,14H2,1-2H3,(H2,25,31). The molecule has 1 aliphatic heterocycles. The van der Waals surface area contributed by atoms with E-state index in [-0.39, 0.29) is 5.69 Å². The molecule has 2 atom stereocenters. The molecule has 2 unspecified atom stereocenters. The maximum atomic E-state index is 12.0. The third kappa shape index (κ3) is 4.35. The lowest BCUT2D eigenvalue weighted by Gasteiger charge is -2.11. The minimum Gasteiger partial charge on any atom is -0.389 e. The van der Waals surface area contributed by atoms with Crippen molar-refractivity contribution in [3.05, 3.63) is 59.3 Å². The summed E-state index contributed by atoms with van der Waals surface area (Å²) in [5.41, 5.74) is 8.05. The van der Waals surface area contributed by atoms with E-state index in [1.807, 2.05) is 30.3 Å². The van der Waals surface area contributed by atoms with Crippen LogP contribution >= 0.6 is 0 Å². The molecule has 2 heterocycles. The van der Waals surface area contributed by atoms with Crippen LogP contribution in [-0.4, -0.2) is 57.9 Å². The SMILES string of the molecule is CC(O)c1ccc2c(c1)c(C(N)=O)nn2-c1cccc(C#CC2(CCN(C)C=O)CO2)c1. The second kappa shape index (κ2) is 8.46. The number of amides is 2. The van der Waals surface area contributed by atoms with Crippen molar-refractivity contribution >= 4 is 23.2 Å². The average molecular weight is 432 g/mol. The van der Waals surface area contributed by atoms with Gasteiger partial charge in [0.1, 0.15) is 0 Å². The van der Waals surface area contributed by atoms with Crippen LogP contribution in [0.15, 0.2) is 42.5 Å². The molecular weight excluding hydrogens is 408 g/mol. The smallest absolute Gasteiger partial charge is 0.269 e. The third-order valence-corrected chi connectivity index (χ3v) is 5.49.